The zero-order valence-electron chi connectivity index (χ0n) is 26.4. The van der Waals surface area contributed by atoms with Crippen LogP contribution < -0.4 is 0 Å². The van der Waals surface area contributed by atoms with Crippen molar-refractivity contribution in [3.8, 4) is 0 Å². The molecule has 42 heavy (non-hydrogen) atoms. The minimum absolute atomic E-state index is 0.0187. The van der Waals surface area contributed by atoms with Crippen LogP contribution >= 0.6 is 0 Å². The molecule has 6 rings (SSSR count). The Hall–Kier alpha value is -3.10. The molecule has 9 nitrogen and oxygen atoms in total. The van der Waals surface area contributed by atoms with Gasteiger partial charge in [0.2, 0.25) is 5.91 Å². The van der Waals surface area contributed by atoms with Gasteiger partial charge in [-0.05, 0) is 109 Å². The van der Waals surface area contributed by atoms with E-state index in [0.29, 0.717) is 24.2 Å². The van der Waals surface area contributed by atoms with E-state index in [1.54, 1.807) is 0 Å². The molecule has 0 N–H and O–H groups in total. The SMILES string of the molecule is CC(C)(C)OC(=O)N1C(=O)C[C@H]2C[C@@H]3CCC=C3[C@H]21.CN(C)/C=C1/C(=O)N(C(=O)OC(C)(C)C)[C@@H]2C3=CCC[C@H]3C[C@H]12. The van der Waals surface area contributed by atoms with E-state index in [1.165, 1.54) is 27.4 Å². The van der Waals surface area contributed by atoms with E-state index in [1.807, 2.05) is 66.7 Å². The lowest BCUT2D eigenvalue weighted by molar-refractivity contribution is -0.128. The Labute approximate surface area is 249 Å². The fraction of sp³-hybridized carbons (Fsp3) is 0.697. The maximum Gasteiger partial charge on any atom is 0.417 e. The van der Waals surface area contributed by atoms with Crippen molar-refractivity contribution in [1.82, 2.24) is 14.7 Å². The predicted molar refractivity (Wildman–Crippen MR) is 158 cm³/mol. The highest BCUT2D eigenvalue weighted by atomic mass is 16.6. The zero-order valence-corrected chi connectivity index (χ0v) is 26.4. The monoisotopic (exact) mass is 581 g/mol. The normalized spacial score (nSPS) is 32.1. The molecule has 4 fully saturated rings. The summed E-state index contributed by atoms with van der Waals surface area (Å²) >= 11 is 0. The van der Waals surface area contributed by atoms with E-state index in [0.717, 1.165) is 37.7 Å². The van der Waals surface area contributed by atoms with Crippen molar-refractivity contribution in [3.05, 3.63) is 35.1 Å². The van der Waals surface area contributed by atoms with Crippen molar-refractivity contribution >= 4 is 24.0 Å². The second-order valence-electron chi connectivity index (χ2n) is 14.8. The van der Waals surface area contributed by atoms with Gasteiger partial charge < -0.3 is 14.4 Å². The molecule has 6 aliphatic rings. The first-order chi connectivity index (χ1) is 19.6. The van der Waals surface area contributed by atoms with Gasteiger partial charge in [-0.1, -0.05) is 12.2 Å². The summed E-state index contributed by atoms with van der Waals surface area (Å²) in [5.41, 5.74) is 2.14. The van der Waals surface area contributed by atoms with E-state index in [4.69, 9.17) is 9.47 Å². The Morgan fingerprint density at radius 3 is 1.90 bits per heavy atom. The van der Waals surface area contributed by atoms with Crippen LogP contribution in [0.3, 0.4) is 0 Å². The van der Waals surface area contributed by atoms with E-state index >= 15 is 0 Å². The number of rotatable bonds is 1. The van der Waals surface area contributed by atoms with Crippen LogP contribution in [0.25, 0.3) is 0 Å². The van der Waals surface area contributed by atoms with Gasteiger partial charge in [0.05, 0.1) is 12.1 Å². The molecule has 230 valence electrons. The maximum absolute atomic E-state index is 12.9. The highest BCUT2D eigenvalue weighted by molar-refractivity contribution is 6.06. The summed E-state index contributed by atoms with van der Waals surface area (Å²) in [6.07, 6.45) is 12.3. The number of amides is 4. The smallest absolute Gasteiger partial charge is 0.417 e. The number of likely N-dealkylation sites (tertiary alicyclic amines) is 2. The highest BCUT2D eigenvalue weighted by Gasteiger charge is 2.56. The third-order valence-corrected chi connectivity index (χ3v) is 9.07. The lowest BCUT2D eigenvalue weighted by Crippen LogP contribution is -2.43. The van der Waals surface area contributed by atoms with E-state index in [2.05, 4.69) is 12.2 Å². The first-order valence-electron chi connectivity index (χ1n) is 15.5. The van der Waals surface area contributed by atoms with Crippen molar-refractivity contribution < 1.29 is 28.7 Å². The quantitative estimate of drug-likeness (QED) is 0.285. The minimum atomic E-state index is -0.608. The van der Waals surface area contributed by atoms with Crippen molar-refractivity contribution in [2.75, 3.05) is 14.1 Å². The summed E-state index contributed by atoms with van der Waals surface area (Å²) in [4.78, 5) is 54.5. The minimum Gasteiger partial charge on any atom is -0.443 e. The second kappa shape index (κ2) is 10.9. The number of imide groups is 2. The summed E-state index contributed by atoms with van der Waals surface area (Å²) in [6.45, 7) is 11.0. The van der Waals surface area contributed by atoms with Gasteiger partial charge in [-0.2, -0.15) is 0 Å². The molecule has 0 unspecified atom stereocenters. The van der Waals surface area contributed by atoms with Crippen molar-refractivity contribution in [2.45, 2.75) is 110 Å². The van der Waals surface area contributed by atoms with Crippen LogP contribution in [0.2, 0.25) is 0 Å². The Morgan fingerprint density at radius 1 is 0.833 bits per heavy atom. The Morgan fingerprint density at radius 2 is 1.36 bits per heavy atom. The standard InChI is InChI=1S/C18H26N2O3.C15H21NO3/c1-18(2,3)23-17(22)20-15-12-8-6-7-11(12)9-13(15)14(16(20)21)10-19(4)5;1-15(2,3)19-14(18)16-12(17)8-10-7-9-5-4-6-11(9)13(10)16/h8,10-11,13,15H,6-7,9H2,1-5H3;6,9-10,13H,4-5,7-8H2,1-3H3/b14-10+;/t11-,13+,15+;9-,10+,13-/m00/s1. The molecule has 0 aromatic carbocycles. The molecule has 4 aliphatic carbocycles. The summed E-state index contributed by atoms with van der Waals surface area (Å²) in [5, 5.41) is 0. The number of carbonyl (C=O) groups excluding carboxylic acids is 4. The number of fused-ring (bicyclic) bond motifs is 6. The van der Waals surface area contributed by atoms with E-state index < -0.39 is 23.4 Å². The van der Waals surface area contributed by atoms with Gasteiger partial charge in [0.25, 0.3) is 5.91 Å². The molecule has 4 amide bonds. The molecular weight excluding hydrogens is 534 g/mol. The molecule has 0 spiro atoms. The topological polar surface area (TPSA) is 96.5 Å². The molecule has 0 aromatic heterocycles. The fourth-order valence-electron chi connectivity index (χ4n) is 7.78. The molecular formula is C33H47N3O6. The number of hydrogen-bond donors (Lipinski definition) is 0. The van der Waals surface area contributed by atoms with Gasteiger partial charge in [-0.25, -0.2) is 19.4 Å². The summed E-state index contributed by atoms with van der Waals surface area (Å²) in [5.74, 6) is 1.25. The first-order valence-corrected chi connectivity index (χ1v) is 15.5. The number of nitrogens with zero attached hydrogens (tertiary/aromatic N) is 3. The molecule has 9 heteroatoms. The first kappa shape index (κ1) is 30.4. The molecule has 0 bridgehead atoms. The van der Waals surface area contributed by atoms with Crippen LogP contribution in [0, 0.1) is 23.7 Å². The molecule has 6 atom stereocenters. The average Bonchev–Trinajstić information content (AvgIpc) is 3.63. The zero-order chi connectivity index (χ0) is 30.7. The number of carbonyl (C=O) groups is 4. The van der Waals surface area contributed by atoms with Gasteiger partial charge in [0.15, 0.2) is 0 Å². The molecule has 2 saturated carbocycles. The lowest BCUT2D eigenvalue weighted by atomic mass is 9.96. The summed E-state index contributed by atoms with van der Waals surface area (Å²) in [6, 6.07) is -0.161. The molecule has 2 heterocycles. The van der Waals surface area contributed by atoms with Crippen molar-refractivity contribution in [1.29, 1.82) is 0 Å². The molecule has 2 saturated heterocycles. The van der Waals surface area contributed by atoms with Crippen LogP contribution in [0.1, 0.15) is 86.5 Å². The molecule has 0 aromatic rings. The third kappa shape index (κ3) is 5.76. The van der Waals surface area contributed by atoms with E-state index in [-0.39, 0.29) is 29.8 Å². The summed E-state index contributed by atoms with van der Waals surface area (Å²) in [7, 11) is 3.81. The van der Waals surface area contributed by atoms with Crippen molar-refractivity contribution in [2.24, 2.45) is 23.7 Å². The van der Waals surface area contributed by atoms with Gasteiger partial charge >= 0.3 is 12.2 Å². The van der Waals surface area contributed by atoms with E-state index in [9.17, 15) is 19.2 Å². The Bertz CT molecular complexity index is 1250. The summed E-state index contributed by atoms with van der Waals surface area (Å²) < 4.78 is 10.9. The molecule has 2 aliphatic heterocycles. The largest absolute Gasteiger partial charge is 0.443 e. The van der Waals surface area contributed by atoms with Crippen LogP contribution in [-0.2, 0) is 19.1 Å². The second-order valence-corrected chi connectivity index (χ2v) is 14.8. The maximum atomic E-state index is 12.9. The van der Waals surface area contributed by atoms with Gasteiger partial charge in [-0.15, -0.1) is 0 Å². The van der Waals surface area contributed by atoms with Gasteiger partial charge in [-0.3, -0.25) is 9.59 Å². The van der Waals surface area contributed by atoms with Crippen molar-refractivity contribution in [3.63, 3.8) is 0 Å². The Kier molecular flexibility index (Phi) is 7.86. The lowest BCUT2D eigenvalue weighted by Gasteiger charge is -2.27. The van der Waals surface area contributed by atoms with Gasteiger partial charge in [0.1, 0.15) is 11.2 Å². The van der Waals surface area contributed by atoms with Crippen LogP contribution in [0.4, 0.5) is 9.59 Å². The van der Waals surface area contributed by atoms with Gasteiger partial charge in [0, 0.05) is 38.2 Å². The number of ether oxygens (including phenoxy) is 2. The number of hydrogen-bond acceptors (Lipinski definition) is 7. The van der Waals surface area contributed by atoms with Crippen LogP contribution in [0.15, 0.2) is 35.1 Å². The average molecular weight is 582 g/mol. The third-order valence-electron chi connectivity index (χ3n) is 9.07. The van der Waals surface area contributed by atoms with Crippen LogP contribution in [-0.4, -0.2) is 76.1 Å². The predicted octanol–water partition coefficient (Wildman–Crippen LogP) is 5.81. The number of allylic oxidation sites excluding steroid dienone is 2. The Balaban J connectivity index is 0.000000171. The van der Waals surface area contributed by atoms with Crippen LogP contribution in [0.5, 0.6) is 0 Å². The molecule has 0 radical (unpaired) electrons. The fourth-order valence-corrected chi connectivity index (χ4v) is 7.78. The highest BCUT2D eigenvalue weighted by Crippen LogP contribution is 2.52.